The molecule has 0 aliphatic carbocycles. The summed E-state index contributed by atoms with van der Waals surface area (Å²) in [5.41, 5.74) is 8.21. The van der Waals surface area contributed by atoms with Gasteiger partial charge in [-0.3, -0.25) is 4.79 Å². The maximum atomic E-state index is 11.3. The number of nitrogens with zero attached hydrogens (tertiary/aromatic N) is 1. The largest absolute Gasteiger partial charge is 0.397 e. The highest BCUT2D eigenvalue weighted by atomic mass is 35.5. The number of hydrogen-bond donors (Lipinski definition) is 1. The van der Waals surface area contributed by atoms with Crippen LogP contribution in [0.5, 0.6) is 0 Å². The summed E-state index contributed by atoms with van der Waals surface area (Å²) >= 11 is 5.89. The number of halogens is 1. The normalized spacial score (nSPS) is 14.3. The Labute approximate surface area is 87.4 Å². The maximum absolute atomic E-state index is 11.3. The predicted octanol–water partition coefficient (Wildman–Crippen LogP) is 1.83. The zero-order chi connectivity index (χ0) is 10.3. The number of benzene rings is 1. The zero-order valence-corrected chi connectivity index (χ0v) is 8.64. The lowest BCUT2D eigenvalue weighted by atomic mass is 10.1. The van der Waals surface area contributed by atoms with E-state index in [0.717, 1.165) is 24.2 Å². The number of nitrogen functional groups attached to an aromatic ring is 1. The van der Waals surface area contributed by atoms with Crippen LogP contribution in [0.15, 0.2) is 12.1 Å². The van der Waals surface area contributed by atoms with Crippen molar-refractivity contribution in [3.05, 3.63) is 22.7 Å². The Hall–Kier alpha value is -1.22. The highest BCUT2D eigenvalue weighted by molar-refractivity contribution is 6.33. The second-order valence-electron chi connectivity index (χ2n) is 3.42. The average Bonchev–Trinajstić information content (AvgIpc) is 2.48. The molecular weight excluding hydrogens is 200 g/mol. The molecule has 0 fully saturated rings. The minimum atomic E-state index is 0.0467. The van der Waals surface area contributed by atoms with Gasteiger partial charge in [0.05, 0.1) is 10.7 Å². The van der Waals surface area contributed by atoms with Crippen LogP contribution in [0.4, 0.5) is 11.4 Å². The third-order valence-corrected chi connectivity index (χ3v) is 2.80. The summed E-state index contributed by atoms with van der Waals surface area (Å²) < 4.78 is 0. The molecule has 1 aliphatic heterocycles. The monoisotopic (exact) mass is 210 g/mol. The van der Waals surface area contributed by atoms with E-state index in [1.165, 1.54) is 0 Å². The molecule has 2 N–H and O–H groups in total. The molecule has 14 heavy (non-hydrogen) atoms. The molecule has 0 spiro atoms. The van der Waals surface area contributed by atoms with Crippen molar-refractivity contribution >= 4 is 28.9 Å². The fourth-order valence-corrected chi connectivity index (χ4v) is 1.94. The molecule has 2 rings (SSSR count). The first-order valence-electron chi connectivity index (χ1n) is 4.45. The summed E-state index contributed by atoms with van der Waals surface area (Å²) in [6, 6.07) is 3.61. The maximum Gasteiger partial charge on any atom is 0.223 e. The summed E-state index contributed by atoms with van der Waals surface area (Å²) in [5.74, 6) is 0.0467. The van der Waals surface area contributed by atoms with Crippen LogP contribution < -0.4 is 10.6 Å². The summed E-state index contributed by atoms with van der Waals surface area (Å²) in [6.07, 6.45) is 0.856. The lowest BCUT2D eigenvalue weighted by Crippen LogP contribution is -2.25. The topological polar surface area (TPSA) is 46.3 Å². The van der Waals surface area contributed by atoms with Crippen molar-refractivity contribution in [2.45, 2.75) is 13.3 Å². The fourth-order valence-electron chi connectivity index (χ4n) is 1.75. The van der Waals surface area contributed by atoms with E-state index >= 15 is 0 Å². The van der Waals surface area contributed by atoms with Gasteiger partial charge in [-0.1, -0.05) is 11.6 Å². The first-order chi connectivity index (χ1) is 6.59. The van der Waals surface area contributed by atoms with Crippen LogP contribution >= 0.6 is 11.6 Å². The van der Waals surface area contributed by atoms with Gasteiger partial charge in [-0.05, 0) is 24.1 Å². The molecule has 0 aromatic heterocycles. The average molecular weight is 211 g/mol. The number of carbonyl (C=O) groups is 1. The van der Waals surface area contributed by atoms with Gasteiger partial charge in [0.15, 0.2) is 0 Å². The molecule has 3 nitrogen and oxygen atoms in total. The molecule has 1 aliphatic rings. The quantitative estimate of drug-likeness (QED) is 0.665. The molecule has 1 aromatic carbocycles. The van der Waals surface area contributed by atoms with Gasteiger partial charge in [-0.25, -0.2) is 0 Å². The predicted molar refractivity (Wildman–Crippen MR) is 57.6 cm³/mol. The SMILES string of the molecule is CC(=O)N1CCc2cc(Cl)c(N)cc21. The smallest absolute Gasteiger partial charge is 0.223 e. The van der Waals surface area contributed by atoms with Gasteiger partial charge in [0, 0.05) is 19.2 Å². The van der Waals surface area contributed by atoms with Crippen molar-refractivity contribution in [3.63, 3.8) is 0 Å². The van der Waals surface area contributed by atoms with E-state index in [1.54, 1.807) is 17.9 Å². The Morgan fingerprint density at radius 3 is 2.93 bits per heavy atom. The van der Waals surface area contributed by atoms with E-state index in [4.69, 9.17) is 17.3 Å². The summed E-state index contributed by atoms with van der Waals surface area (Å²) in [5, 5.41) is 0.564. The molecular formula is C10H11ClN2O. The van der Waals surface area contributed by atoms with Gasteiger partial charge in [-0.15, -0.1) is 0 Å². The Morgan fingerprint density at radius 2 is 2.29 bits per heavy atom. The van der Waals surface area contributed by atoms with Gasteiger partial charge in [0.2, 0.25) is 5.91 Å². The molecule has 0 saturated heterocycles. The van der Waals surface area contributed by atoms with Crippen LogP contribution in [0, 0.1) is 0 Å². The second kappa shape index (κ2) is 3.17. The minimum Gasteiger partial charge on any atom is -0.397 e. The standard InChI is InChI=1S/C10H11ClN2O/c1-6(14)13-3-2-7-4-8(11)9(12)5-10(7)13/h4-5H,2-3,12H2,1H3. The van der Waals surface area contributed by atoms with Crippen LogP contribution in [-0.2, 0) is 11.2 Å². The molecule has 74 valence electrons. The molecule has 1 amide bonds. The van der Waals surface area contributed by atoms with E-state index in [2.05, 4.69) is 0 Å². The third kappa shape index (κ3) is 1.34. The number of nitrogens with two attached hydrogens (primary N) is 1. The molecule has 1 heterocycles. The van der Waals surface area contributed by atoms with E-state index in [9.17, 15) is 4.79 Å². The van der Waals surface area contributed by atoms with Gasteiger partial charge in [0.1, 0.15) is 0 Å². The van der Waals surface area contributed by atoms with Crippen LogP contribution in [0.2, 0.25) is 5.02 Å². The van der Waals surface area contributed by atoms with E-state index in [0.29, 0.717) is 10.7 Å². The zero-order valence-electron chi connectivity index (χ0n) is 7.88. The first kappa shape index (κ1) is 9.34. The first-order valence-corrected chi connectivity index (χ1v) is 4.83. The Morgan fingerprint density at radius 1 is 1.57 bits per heavy atom. The van der Waals surface area contributed by atoms with Gasteiger partial charge in [0.25, 0.3) is 0 Å². The van der Waals surface area contributed by atoms with Crippen molar-refractivity contribution in [3.8, 4) is 0 Å². The molecule has 0 radical (unpaired) electrons. The summed E-state index contributed by atoms with van der Waals surface area (Å²) in [4.78, 5) is 13.0. The number of anilines is 2. The number of fused-ring (bicyclic) bond motifs is 1. The van der Waals surface area contributed by atoms with Crippen molar-refractivity contribution in [1.29, 1.82) is 0 Å². The molecule has 0 unspecified atom stereocenters. The van der Waals surface area contributed by atoms with E-state index < -0.39 is 0 Å². The van der Waals surface area contributed by atoms with Crippen LogP contribution in [-0.4, -0.2) is 12.5 Å². The fraction of sp³-hybridized carbons (Fsp3) is 0.300. The molecule has 0 atom stereocenters. The van der Waals surface area contributed by atoms with Crippen LogP contribution in [0.25, 0.3) is 0 Å². The van der Waals surface area contributed by atoms with Crippen molar-refractivity contribution < 1.29 is 4.79 Å². The lowest BCUT2D eigenvalue weighted by Gasteiger charge is -2.15. The van der Waals surface area contributed by atoms with Crippen molar-refractivity contribution in [2.24, 2.45) is 0 Å². The molecule has 4 heteroatoms. The number of hydrogen-bond acceptors (Lipinski definition) is 2. The molecule has 0 saturated carbocycles. The van der Waals surface area contributed by atoms with Gasteiger partial charge >= 0.3 is 0 Å². The van der Waals surface area contributed by atoms with Gasteiger partial charge in [-0.2, -0.15) is 0 Å². The van der Waals surface area contributed by atoms with Crippen molar-refractivity contribution in [1.82, 2.24) is 0 Å². The van der Waals surface area contributed by atoms with E-state index in [1.807, 2.05) is 6.07 Å². The highest BCUT2D eigenvalue weighted by Gasteiger charge is 2.22. The highest BCUT2D eigenvalue weighted by Crippen LogP contribution is 2.34. The van der Waals surface area contributed by atoms with Gasteiger partial charge < -0.3 is 10.6 Å². The van der Waals surface area contributed by atoms with Crippen LogP contribution in [0.3, 0.4) is 0 Å². The van der Waals surface area contributed by atoms with Crippen molar-refractivity contribution in [2.75, 3.05) is 17.2 Å². The number of carbonyl (C=O) groups excluding carboxylic acids is 1. The second-order valence-corrected chi connectivity index (χ2v) is 3.83. The number of rotatable bonds is 0. The lowest BCUT2D eigenvalue weighted by molar-refractivity contribution is -0.116. The molecule has 1 aromatic rings. The van der Waals surface area contributed by atoms with Crippen LogP contribution in [0.1, 0.15) is 12.5 Å². The summed E-state index contributed by atoms with van der Waals surface area (Å²) in [7, 11) is 0. The minimum absolute atomic E-state index is 0.0467. The Bertz CT molecular complexity index is 403. The number of amides is 1. The molecule has 0 bridgehead atoms. The Balaban J connectivity index is 2.50. The Kier molecular flexibility index (Phi) is 2.11. The third-order valence-electron chi connectivity index (χ3n) is 2.47. The summed E-state index contributed by atoms with van der Waals surface area (Å²) in [6.45, 7) is 2.28. The van der Waals surface area contributed by atoms with E-state index in [-0.39, 0.29) is 5.91 Å².